The Kier molecular flexibility index (Phi) is 8.25. The van der Waals surface area contributed by atoms with Gasteiger partial charge in [-0.3, -0.25) is 14.4 Å². The number of nitrogens with one attached hydrogen (secondary N) is 3. The zero-order chi connectivity index (χ0) is 24.8. The quantitative estimate of drug-likeness (QED) is 0.484. The lowest BCUT2D eigenvalue weighted by atomic mass is 9.92. The van der Waals surface area contributed by atoms with E-state index >= 15 is 0 Å². The summed E-state index contributed by atoms with van der Waals surface area (Å²) < 4.78 is 4.01. The Morgan fingerprint density at radius 3 is 2.66 bits per heavy atom. The third kappa shape index (κ3) is 5.76. The normalized spacial score (nSPS) is 19.5. The Morgan fingerprint density at radius 1 is 1.14 bits per heavy atom. The van der Waals surface area contributed by atoms with Gasteiger partial charge < -0.3 is 20.9 Å². The van der Waals surface area contributed by atoms with Crippen LogP contribution in [0.25, 0.3) is 11.3 Å². The first-order valence-corrected chi connectivity index (χ1v) is 12.9. The molecule has 1 saturated heterocycles. The Labute approximate surface area is 209 Å². The first kappa shape index (κ1) is 25.0. The van der Waals surface area contributed by atoms with Crippen molar-refractivity contribution >= 4 is 34.3 Å². The van der Waals surface area contributed by atoms with Crippen molar-refractivity contribution in [3.8, 4) is 11.3 Å². The Bertz CT molecular complexity index is 1090. The average Bonchev–Trinajstić information content (AvgIpc) is 3.57. The van der Waals surface area contributed by atoms with Gasteiger partial charge in [-0.15, -0.1) is 5.10 Å². The third-order valence-corrected chi connectivity index (χ3v) is 7.31. The summed E-state index contributed by atoms with van der Waals surface area (Å²) in [5, 5.41) is 13.5. The van der Waals surface area contributed by atoms with Crippen molar-refractivity contribution in [3.63, 3.8) is 0 Å². The van der Waals surface area contributed by atoms with Crippen LogP contribution in [0, 0.1) is 0 Å². The van der Waals surface area contributed by atoms with Crippen molar-refractivity contribution in [1.82, 2.24) is 25.1 Å². The molecule has 3 N–H and O–H groups in total. The van der Waals surface area contributed by atoms with Crippen LogP contribution in [0.15, 0.2) is 42.0 Å². The number of amides is 3. The van der Waals surface area contributed by atoms with Crippen LogP contribution in [-0.4, -0.2) is 63.9 Å². The number of aromatic nitrogens is 2. The number of rotatable bonds is 8. The molecule has 1 aromatic carbocycles. The number of hydrogen-bond acceptors (Lipinski definition) is 7. The Hall–Kier alpha value is -3.11. The molecule has 4 rings (SSSR count). The lowest BCUT2D eigenvalue weighted by Crippen LogP contribution is -2.55. The Balaban J connectivity index is 1.52. The molecule has 3 atom stereocenters. The first-order chi connectivity index (χ1) is 17.0. The van der Waals surface area contributed by atoms with Crippen LogP contribution in [0.1, 0.15) is 45.4 Å². The standard InChI is InChI=1S/C25H32N6O3S/c1-16(26-2)22(32)27-21(18-12-7-4-8-13-18)25(34)31-15-9-14-19(31)23(33)28-24-20(29-30-35-24)17-10-5-3-6-11-17/h3,5-6,10-12,16,19,21,26H,4,7-9,13-15H2,1-2H3,(H,27,32)(H,28,33)/t16-,19-,21-/m0/s1. The number of benzene rings is 1. The molecule has 0 radical (unpaired) electrons. The van der Waals surface area contributed by atoms with Crippen LogP contribution in [0.4, 0.5) is 5.00 Å². The van der Waals surface area contributed by atoms with E-state index < -0.39 is 18.1 Å². The van der Waals surface area contributed by atoms with Gasteiger partial charge in [-0.1, -0.05) is 40.9 Å². The number of likely N-dealkylation sites (tertiary alicyclic amines) is 1. The van der Waals surface area contributed by atoms with E-state index in [4.69, 9.17) is 0 Å². The highest BCUT2D eigenvalue weighted by Gasteiger charge is 2.39. The summed E-state index contributed by atoms with van der Waals surface area (Å²) in [7, 11) is 1.71. The van der Waals surface area contributed by atoms with Crippen LogP contribution in [0.2, 0.25) is 0 Å². The van der Waals surface area contributed by atoms with Gasteiger partial charge in [0, 0.05) is 23.6 Å². The van der Waals surface area contributed by atoms with Gasteiger partial charge in [0.1, 0.15) is 22.8 Å². The van der Waals surface area contributed by atoms with E-state index in [1.165, 1.54) is 0 Å². The average molecular weight is 497 g/mol. The molecule has 0 spiro atoms. The van der Waals surface area contributed by atoms with Crippen molar-refractivity contribution in [3.05, 3.63) is 42.0 Å². The second-order valence-corrected chi connectivity index (χ2v) is 9.73. The van der Waals surface area contributed by atoms with Crippen molar-refractivity contribution in [1.29, 1.82) is 0 Å². The smallest absolute Gasteiger partial charge is 0.250 e. The molecule has 2 aromatic rings. The van der Waals surface area contributed by atoms with Crippen LogP contribution in [0.3, 0.4) is 0 Å². The third-order valence-electron chi connectivity index (χ3n) is 6.67. The van der Waals surface area contributed by atoms with E-state index in [1.807, 2.05) is 30.3 Å². The minimum atomic E-state index is -0.753. The molecule has 0 bridgehead atoms. The fourth-order valence-electron chi connectivity index (χ4n) is 4.56. The fourth-order valence-corrected chi connectivity index (χ4v) is 5.15. The largest absolute Gasteiger partial charge is 0.339 e. The minimum absolute atomic E-state index is 0.224. The fraction of sp³-hybridized carbons (Fsp3) is 0.480. The van der Waals surface area contributed by atoms with E-state index in [1.54, 1.807) is 18.9 Å². The SMILES string of the molecule is CN[C@@H](C)C(=O)N[C@H](C(=O)N1CCC[C@H]1C(=O)Nc1snnc1-c1ccccc1)C1=CCCCC1. The summed E-state index contributed by atoms with van der Waals surface area (Å²) in [6, 6.07) is 7.75. The zero-order valence-electron chi connectivity index (χ0n) is 20.1. The first-order valence-electron chi connectivity index (χ1n) is 12.1. The monoisotopic (exact) mass is 496 g/mol. The number of carbonyl (C=O) groups is 3. The number of nitrogens with zero attached hydrogens (tertiary/aromatic N) is 3. The highest BCUT2D eigenvalue weighted by atomic mass is 32.1. The van der Waals surface area contributed by atoms with Crippen LogP contribution in [-0.2, 0) is 14.4 Å². The molecule has 2 aliphatic rings. The number of likely N-dealkylation sites (N-methyl/N-ethyl adjacent to an activating group) is 1. The maximum absolute atomic E-state index is 13.7. The van der Waals surface area contributed by atoms with Gasteiger partial charge in [0.2, 0.25) is 17.7 Å². The van der Waals surface area contributed by atoms with Gasteiger partial charge in [-0.2, -0.15) is 0 Å². The lowest BCUT2D eigenvalue weighted by Gasteiger charge is -2.31. The van der Waals surface area contributed by atoms with Gasteiger partial charge in [-0.05, 0) is 58.1 Å². The highest BCUT2D eigenvalue weighted by Crippen LogP contribution is 2.30. The molecule has 35 heavy (non-hydrogen) atoms. The second kappa shape index (κ2) is 11.5. The summed E-state index contributed by atoms with van der Waals surface area (Å²) in [5.41, 5.74) is 2.40. The topological polar surface area (TPSA) is 116 Å². The number of anilines is 1. The molecule has 2 heterocycles. The van der Waals surface area contributed by atoms with Crippen molar-refractivity contribution in [2.75, 3.05) is 18.9 Å². The number of carbonyl (C=O) groups excluding carboxylic acids is 3. The maximum atomic E-state index is 13.7. The van der Waals surface area contributed by atoms with Crippen molar-refractivity contribution in [2.24, 2.45) is 0 Å². The van der Waals surface area contributed by atoms with Gasteiger partial charge in [0.25, 0.3) is 0 Å². The molecule has 10 heteroatoms. The second-order valence-electron chi connectivity index (χ2n) is 8.97. The van der Waals surface area contributed by atoms with Gasteiger partial charge >= 0.3 is 0 Å². The number of hydrogen-bond donors (Lipinski definition) is 3. The van der Waals surface area contributed by atoms with Crippen molar-refractivity contribution < 1.29 is 14.4 Å². The van der Waals surface area contributed by atoms with Crippen LogP contribution in [0.5, 0.6) is 0 Å². The molecular weight excluding hydrogens is 464 g/mol. The molecule has 186 valence electrons. The molecular formula is C25H32N6O3S. The van der Waals surface area contributed by atoms with E-state index in [0.717, 1.165) is 54.8 Å². The van der Waals surface area contributed by atoms with Gasteiger partial charge in [0.15, 0.2) is 0 Å². The molecule has 1 fully saturated rings. The van der Waals surface area contributed by atoms with Crippen molar-refractivity contribution in [2.45, 2.75) is 63.6 Å². The van der Waals surface area contributed by atoms with E-state index in [0.29, 0.717) is 23.7 Å². The summed E-state index contributed by atoms with van der Waals surface area (Å²) in [6.07, 6.45) is 7.07. The minimum Gasteiger partial charge on any atom is -0.339 e. The van der Waals surface area contributed by atoms with Crippen LogP contribution < -0.4 is 16.0 Å². The zero-order valence-corrected chi connectivity index (χ0v) is 20.9. The molecule has 9 nitrogen and oxygen atoms in total. The molecule has 1 aliphatic carbocycles. The van der Waals surface area contributed by atoms with E-state index in [-0.39, 0.29) is 17.7 Å². The molecule has 0 saturated carbocycles. The highest BCUT2D eigenvalue weighted by molar-refractivity contribution is 7.10. The van der Waals surface area contributed by atoms with Gasteiger partial charge in [0.05, 0.1) is 6.04 Å². The van der Waals surface area contributed by atoms with Crippen LogP contribution >= 0.6 is 11.5 Å². The molecule has 1 aromatic heterocycles. The number of allylic oxidation sites excluding steroid dienone is 1. The molecule has 1 aliphatic heterocycles. The molecule has 3 amide bonds. The summed E-state index contributed by atoms with van der Waals surface area (Å²) in [6.45, 7) is 2.23. The van der Waals surface area contributed by atoms with E-state index in [9.17, 15) is 14.4 Å². The van der Waals surface area contributed by atoms with Gasteiger partial charge in [-0.25, -0.2) is 0 Å². The molecule has 0 unspecified atom stereocenters. The maximum Gasteiger partial charge on any atom is 0.250 e. The predicted octanol–water partition coefficient (Wildman–Crippen LogP) is 2.73. The summed E-state index contributed by atoms with van der Waals surface area (Å²) in [5.74, 6) is -0.718. The predicted molar refractivity (Wildman–Crippen MR) is 136 cm³/mol. The van der Waals surface area contributed by atoms with E-state index in [2.05, 4.69) is 31.6 Å². The summed E-state index contributed by atoms with van der Waals surface area (Å²) >= 11 is 1.11. The Morgan fingerprint density at radius 2 is 1.94 bits per heavy atom. The summed E-state index contributed by atoms with van der Waals surface area (Å²) in [4.78, 5) is 41.4. The lowest BCUT2D eigenvalue weighted by molar-refractivity contribution is -0.139.